The molecular weight excluding hydrogens is 252 g/mol. The summed E-state index contributed by atoms with van der Waals surface area (Å²) in [6, 6.07) is 9.99. The van der Waals surface area contributed by atoms with Crippen molar-refractivity contribution in [3.63, 3.8) is 0 Å². The zero-order valence-corrected chi connectivity index (χ0v) is 11.0. The fourth-order valence-electron chi connectivity index (χ4n) is 1.34. The highest BCUT2D eigenvalue weighted by molar-refractivity contribution is 9.09. The number of para-hydroxylation sites is 1. The lowest BCUT2D eigenvalue weighted by Crippen LogP contribution is -2.08. The van der Waals surface area contributed by atoms with Crippen molar-refractivity contribution in [2.45, 2.75) is 31.5 Å². The molecule has 1 aromatic carbocycles. The monoisotopic (exact) mass is 270 g/mol. The summed E-state index contributed by atoms with van der Waals surface area (Å²) < 4.78 is 5.62. The third kappa shape index (κ3) is 5.22. The van der Waals surface area contributed by atoms with Gasteiger partial charge in [0.15, 0.2) is 0 Å². The molecule has 0 heterocycles. The first-order valence-electron chi connectivity index (χ1n) is 5.52. The van der Waals surface area contributed by atoms with Crippen molar-refractivity contribution in [3.8, 4) is 5.75 Å². The Kier molecular flexibility index (Phi) is 5.77. The molecule has 0 spiro atoms. The standard InChI is InChI=1S/C13H19BrO/c1-11(12(2)14)7-6-10-15-13-8-4-3-5-9-13/h3-5,8-9,11-12H,6-7,10H2,1-2H3. The molecule has 0 aliphatic rings. The Balaban J connectivity index is 2.12. The summed E-state index contributed by atoms with van der Waals surface area (Å²) in [5, 5.41) is 0. The second kappa shape index (κ2) is 6.89. The first kappa shape index (κ1) is 12.6. The number of halogens is 1. The van der Waals surface area contributed by atoms with E-state index >= 15 is 0 Å². The van der Waals surface area contributed by atoms with Crippen molar-refractivity contribution in [1.82, 2.24) is 0 Å². The van der Waals surface area contributed by atoms with Crippen LogP contribution in [0.2, 0.25) is 0 Å². The quantitative estimate of drug-likeness (QED) is 0.554. The van der Waals surface area contributed by atoms with Gasteiger partial charge in [-0.05, 0) is 30.9 Å². The van der Waals surface area contributed by atoms with Crippen molar-refractivity contribution in [2.24, 2.45) is 5.92 Å². The number of ether oxygens (including phenoxy) is 1. The lowest BCUT2D eigenvalue weighted by atomic mass is 10.0. The normalized spacial score (nSPS) is 14.6. The molecule has 1 rings (SSSR count). The van der Waals surface area contributed by atoms with Crippen molar-refractivity contribution in [1.29, 1.82) is 0 Å². The van der Waals surface area contributed by atoms with E-state index < -0.39 is 0 Å². The molecule has 0 bridgehead atoms. The average Bonchev–Trinajstić information content (AvgIpc) is 2.25. The fraction of sp³-hybridized carbons (Fsp3) is 0.538. The molecule has 84 valence electrons. The van der Waals surface area contributed by atoms with Gasteiger partial charge in [0.25, 0.3) is 0 Å². The van der Waals surface area contributed by atoms with Crippen LogP contribution in [0.3, 0.4) is 0 Å². The minimum Gasteiger partial charge on any atom is -0.494 e. The molecule has 1 nitrogen and oxygen atoms in total. The van der Waals surface area contributed by atoms with E-state index in [4.69, 9.17) is 4.74 Å². The highest BCUT2D eigenvalue weighted by atomic mass is 79.9. The summed E-state index contributed by atoms with van der Waals surface area (Å²) >= 11 is 3.60. The van der Waals surface area contributed by atoms with Crippen molar-refractivity contribution < 1.29 is 4.74 Å². The Morgan fingerprint density at radius 1 is 1.20 bits per heavy atom. The van der Waals surface area contributed by atoms with Gasteiger partial charge in [0.1, 0.15) is 5.75 Å². The van der Waals surface area contributed by atoms with E-state index in [-0.39, 0.29) is 0 Å². The minimum atomic E-state index is 0.592. The Labute approximate surface area is 101 Å². The molecule has 0 saturated heterocycles. The summed E-state index contributed by atoms with van der Waals surface area (Å²) in [5.74, 6) is 1.68. The van der Waals surface area contributed by atoms with Crippen LogP contribution < -0.4 is 4.74 Å². The molecule has 0 aromatic heterocycles. The van der Waals surface area contributed by atoms with Crippen LogP contribution >= 0.6 is 15.9 Å². The zero-order chi connectivity index (χ0) is 11.1. The van der Waals surface area contributed by atoms with E-state index in [0.29, 0.717) is 10.7 Å². The molecule has 0 amide bonds. The number of hydrogen-bond acceptors (Lipinski definition) is 1. The Morgan fingerprint density at radius 3 is 2.47 bits per heavy atom. The third-order valence-electron chi connectivity index (χ3n) is 2.60. The first-order valence-corrected chi connectivity index (χ1v) is 6.43. The molecule has 0 fully saturated rings. The van der Waals surface area contributed by atoms with Crippen LogP contribution in [0, 0.1) is 5.92 Å². The average molecular weight is 271 g/mol. The van der Waals surface area contributed by atoms with E-state index in [1.807, 2.05) is 30.3 Å². The molecular formula is C13H19BrO. The van der Waals surface area contributed by atoms with E-state index in [1.165, 1.54) is 6.42 Å². The SMILES string of the molecule is CC(Br)C(C)CCCOc1ccccc1. The zero-order valence-electron chi connectivity index (χ0n) is 9.45. The highest BCUT2D eigenvalue weighted by Gasteiger charge is 2.07. The Morgan fingerprint density at radius 2 is 1.87 bits per heavy atom. The van der Waals surface area contributed by atoms with Crippen LogP contribution in [-0.2, 0) is 0 Å². The molecule has 15 heavy (non-hydrogen) atoms. The van der Waals surface area contributed by atoms with Crippen LogP contribution in [0.4, 0.5) is 0 Å². The van der Waals surface area contributed by atoms with Gasteiger partial charge in [-0.15, -0.1) is 0 Å². The lowest BCUT2D eigenvalue weighted by molar-refractivity contribution is 0.295. The smallest absolute Gasteiger partial charge is 0.119 e. The van der Waals surface area contributed by atoms with Crippen LogP contribution in [-0.4, -0.2) is 11.4 Å². The largest absolute Gasteiger partial charge is 0.494 e. The van der Waals surface area contributed by atoms with Gasteiger partial charge in [0, 0.05) is 4.83 Å². The maximum Gasteiger partial charge on any atom is 0.119 e. The van der Waals surface area contributed by atoms with E-state index in [9.17, 15) is 0 Å². The summed E-state index contributed by atoms with van der Waals surface area (Å²) in [4.78, 5) is 0.592. The highest BCUT2D eigenvalue weighted by Crippen LogP contribution is 2.17. The molecule has 0 N–H and O–H groups in total. The predicted molar refractivity (Wildman–Crippen MR) is 68.7 cm³/mol. The molecule has 0 aliphatic carbocycles. The summed E-state index contributed by atoms with van der Waals surface area (Å²) in [7, 11) is 0. The summed E-state index contributed by atoms with van der Waals surface area (Å²) in [6.07, 6.45) is 2.32. The maximum absolute atomic E-state index is 5.62. The molecule has 2 unspecified atom stereocenters. The van der Waals surface area contributed by atoms with Gasteiger partial charge in [-0.3, -0.25) is 0 Å². The number of benzene rings is 1. The summed E-state index contributed by atoms with van der Waals surface area (Å²) in [5.41, 5.74) is 0. The van der Waals surface area contributed by atoms with Crippen LogP contribution in [0.1, 0.15) is 26.7 Å². The van der Waals surface area contributed by atoms with Crippen LogP contribution in [0.15, 0.2) is 30.3 Å². The van der Waals surface area contributed by atoms with Gasteiger partial charge < -0.3 is 4.74 Å². The Bertz CT molecular complexity index is 258. The number of rotatable bonds is 6. The van der Waals surface area contributed by atoms with Gasteiger partial charge in [0.2, 0.25) is 0 Å². The molecule has 0 saturated carbocycles. The summed E-state index contributed by atoms with van der Waals surface area (Å²) in [6.45, 7) is 5.28. The van der Waals surface area contributed by atoms with Gasteiger partial charge >= 0.3 is 0 Å². The molecule has 1 aromatic rings. The van der Waals surface area contributed by atoms with E-state index in [0.717, 1.165) is 18.8 Å². The molecule has 0 aliphatic heterocycles. The lowest BCUT2D eigenvalue weighted by Gasteiger charge is -2.13. The molecule has 2 atom stereocenters. The Hall–Kier alpha value is -0.500. The fourth-order valence-corrected chi connectivity index (χ4v) is 1.61. The third-order valence-corrected chi connectivity index (χ3v) is 3.50. The van der Waals surface area contributed by atoms with Crippen molar-refractivity contribution >= 4 is 15.9 Å². The number of alkyl halides is 1. The van der Waals surface area contributed by atoms with E-state index in [1.54, 1.807) is 0 Å². The first-order chi connectivity index (χ1) is 7.20. The van der Waals surface area contributed by atoms with Gasteiger partial charge in [-0.25, -0.2) is 0 Å². The van der Waals surface area contributed by atoms with Gasteiger partial charge in [-0.2, -0.15) is 0 Å². The number of hydrogen-bond donors (Lipinski definition) is 0. The van der Waals surface area contributed by atoms with Gasteiger partial charge in [-0.1, -0.05) is 48.0 Å². The molecule has 2 heteroatoms. The van der Waals surface area contributed by atoms with E-state index in [2.05, 4.69) is 29.8 Å². The van der Waals surface area contributed by atoms with Crippen LogP contribution in [0.25, 0.3) is 0 Å². The second-order valence-electron chi connectivity index (χ2n) is 3.96. The van der Waals surface area contributed by atoms with Crippen molar-refractivity contribution in [3.05, 3.63) is 30.3 Å². The van der Waals surface area contributed by atoms with Crippen LogP contribution in [0.5, 0.6) is 5.75 Å². The van der Waals surface area contributed by atoms with Gasteiger partial charge in [0.05, 0.1) is 6.61 Å². The maximum atomic E-state index is 5.62. The van der Waals surface area contributed by atoms with Crippen molar-refractivity contribution in [2.75, 3.05) is 6.61 Å². The topological polar surface area (TPSA) is 9.23 Å². The predicted octanol–water partition coefficient (Wildman–Crippen LogP) is 4.27. The second-order valence-corrected chi connectivity index (χ2v) is 5.40. The molecule has 0 radical (unpaired) electrons. The minimum absolute atomic E-state index is 0.592.